The molecule has 0 unspecified atom stereocenters. The van der Waals surface area contributed by atoms with Crippen LogP contribution < -0.4 is 11.4 Å². The molecule has 1 N–H and O–H groups in total. The van der Waals surface area contributed by atoms with Crippen molar-refractivity contribution >= 4 is 11.8 Å². The molecule has 16 heavy (non-hydrogen) atoms. The van der Waals surface area contributed by atoms with Crippen LogP contribution in [0.2, 0.25) is 0 Å². The van der Waals surface area contributed by atoms with Crippen LogP contribution in [0.15, 0.2) is 49.2 Å². The summed E-state index contributed by atoms with van der Waals surface area (Å²) in [6.07, 6.45) is 1.98. The first-order valence-corrected chi connectivity index (χ1v) is 5.80. The Hall–Kier alpha value is -1.75. The van der Waals surface area contributed by atoms with E-state index in [0.29, 0.717) is 5.69 Å². The summed E-state index contributed by atoms with van der Waals surface area (Å²) in [6, 6.07) is 8.79. The van der Waals surface area contributed by atoms with Gasteiger partial charge >= 0.3 is 11.4 Å². The molecular formula is C11H9NO3S. The van der Waals surface area contributed by atoms with Crippen LogP contribution in [0.3, 0.4) is 0 Å². The van der Waals surface area contributed by atoms with E-state index < -0.39 is 11.4 Å². The summed E-state index contributed by atoms with van der Waals surface area (Å²) in [7, 11) is 0. The second kappa shape index (κ2) is 4.40. The number of hydrogen-bond donors (Lipinski definition) is 1. The molecule has 1 aromatic heterocycles. The Kier molecular flexibility index (Phi) is 2.96. The summed E-state index contributed by atoms with van der Waals surface area (Å²) in [5.74, 6) is -0.739. The number of nitrogens with one attached hydrogen (secondary N) is 1. The normalized spacial score (nSPS) is 10.3. The van der Waals surface area contributed by atoms with Gasteiger partial charge in [0.15, 0.2) is 0 Å². The summed E-state index contributed by atoms with van der Waals surface area (Å²) >= 11 is 1.63. The van der Waals surface area contributed by atoms with Gasteiger partial charge in [-0.3, -0.25) is 4.98 Å². The minimum Gasteiger partial charge on any atom is -0.373 e. The number of H-pyrrole nitrogens is 1. The van der Waals surface area contributed by atoms with Crippen LogP contribution in [0, 0.1) is 0 Å². The molecule has 0 aliphatic rings. The molecule has 2 rings (SSSR count). The standard InChI is InChI=1S/C11H9NO3S/c1-16-8-4-2-7(3-5-8)9-6-10(13)15-11(14)12-9/h2-6H,1H3,(H,12,14). The predicted molar refractivity (Wildman–Crippen MR) is 62.8 cm³/mol. The van der Waals surface area contributed by atoms with Crippen molar-refractivity contribution in [2.24, 2.45) is 0 Å². The molecule has 1 aromatic carbocycles. The van der Waals surface area contributed by atoms with Crippen LogP contribution in [-0.2, 0) is 0 Å². The Morgan fingerprint density at radius 2 is 1.88 bits per heavy atom. The number of aromatic nitrogens is 1. The van der Waals surface area contributed by atoms with Crippen LogP contribution >= 0.6 is 11.8 Å². The van der Waals surface area contributed by atoms with Crippen molar-refractivity contribution in [1.82, 2.24) is 4.98 Å². The van der Waals surface area contributed by atoms with Crippen molar-refractivity contribution in [3.8, 4) is 11.3 Å². The zero-order valence-corrected chi connectivity index (χ0v) is 9.34. The molecule has 0 amide bonds. The van der Waals surface area contributed by atoms with E-state index in [0.717, 1.165) is 10.5 Å². The molecule has 0 radical (unpaired) electrons. The summed E-state index contributed by atoms with van der Waals surface area (Å²) in [5, 5.41) is 0. The fourth-order valence-corrected chi connectivity index (χ4v) is 1.74. The van der Waals surface area contributed by atoms with Gasteiger partial charge in [-0.1, -0.05) is 12.1 Å². The van der Waals surface area contributed by atoms with E-state index >= 15 is 0 Å². The van der Waals surface area contributed by atoms with E-state index in [4.69, 9.17) is 0 Å². The first-order valence-electron chi connectivity index (χ1n) is 4.58. The van der Waals surface area contributed by atoms with Crippen LogP contribution in [-0.4, -0.2) is 11.2 Å². The lowest BCUT2D eigenvalue weighted by atomic mass is 10.1. The quantitative estimate of drug-likeness (QED) is 0.805. The van der Waals surface area contributed by atoms with Crippen LogP contribution in [0.1, 0.15) is 0 Å². The van der Waals surface area contributed by atoms with Crippen LogP contribution in [0.5, 0.6) is 0 Å². The van der Waals surface area contributed by atoms with Gasteiger partial charge in [0, 0.05) is 11.0 Å². The highest BCUT2D eigenvalue weighted by atomic mass is 32.2. The average Bonchev–Trinajstić information content (AvgIpc) is 2.28. The van der Waals surface area contributed by atoms with Gasteiger partial charge in [0.1, 0.15) is 0 Å². The maximum Gasteiger partial charge on any atom is 0.419 e. The molecule has 0 aliphatic carbocycles. The number of hydrogen-bond acceptors (Lipinski definition) is 4. The number of benzene rings is 1. The van der Waals surface area contributed by atoms with E-state index in [1.807, 2.05) is 30.5 Å². The number of thioether (sulfide) groups is 1. The van der Waals surface area contributed by atoms with Gasteiger partial charge < -0.3 is 4.42 Å². The molecule has 82 valence electrons. The first-order chi connectivity index (χ1) is 7.69. The van der Waals surface area contributed by atoms with Gasteiger partial charge in [0.25, 0.3) is 0 Å². The Morgan fingerprint density at radius 3 is 2.44 bits per heavy atom. The lowest BCUT2D eigenvalue weighted by Gasteiger charge is -2.01. The van der Waals surface area contributed by atoms with E-state index in [-0.39, 0.29) is 0 Å². The minimum absolute atomic E-state index is 0.467. The topological polar surface area (TPSA) is 63.1 Å². The molecule has 2 aromatic rings. The zero-order valence-electron chi connectivity index (χ0n) is 8.52. The zero-order chi connectivity index (χ0) is 11.5. The largest absolute Gasteiger partial charge is 0.419 e. The van der Waals surface area contributed by atoms with E-state index in [2.05, 4.69) is 9.40 Å². The van der Waals surface area contributed by atoms with Gasteiger partial charge in [0.2, 0.25) is 0 Å². The summed E-state index contributed by atoms with van der Waals surface area (Å²) < 4.78 is 4.31. The molecule has 4 nitrogen and oxygen atoms in total. The smallest absolute Gasteiger partial charge is 0.373 e. The van der Waals surface area contributed by atoms with Crippen molar-refractivity contribution in [2.45, 2.75) is 4.90 Å². The van der Waals surface area contributed by atoms with Gasteiger partial charge in [-0.25, -0.2) is 9.59 Å². The number of rotatable bonds is 2. The minimum atomic E-state index is -0.739. The Labute approximate surface area is 95.3 Å². The van der Waals surface area contributed by atoms with Gasteiger partial charge in [-0.05, 0) is 24.0 Å². The second-order valence-electron chi connectivity index (χ2n) is 3.12. The van der Waals surface area contributed by atoms with Crippen LogP contribution in [0.25, 0.3) is 11.3 Å². The molecule has 0 atom stereocenters. The molecule has 0 saturated heterocycles. The van der Waals surface area contributed by atoms with Gasteiger partial charge in [-0.15, -0.1) is 11.8 Å². The van der Waals surface area contributed by atoms with Gasteiger partial charge in [0.05, 0.1) is 5.69 Å². The fourth-order valence-electron chi connectivity index (χ4n) is 1.34. The van der Waals surface area contributed by atoms with Crippen molar-refractivity contribution in [1.29, 1.82) is 0 Å². The van der Waals surface area contributed by atoms with E-state index in [1.165, 1.54) is 6.07 Å². The lowest BCUT2D eigenvalue weighted by Crippen LogP contribution is -2.14. The maximum atomic E-state index is 11.0. The Balaban J connectivity index is 2.50. The lowest BCUT2D eigenvalue weighted by molar-refractivity contribution is 0.451. The van der Waals surface area contributed by atoms with Gasteiger partial charge in [-0.2, -0.15) is 0 Å². The molecule has 5 heteroatoms. The monoisotopic (exact) mass is 235 g/mol. The highest BCUT2D eigenvalue weighted by Crippen LogP contribution is 2.19. The molecule has 0 saturated carbocycles. The van der Waals surface area contributed by atoms with Crippen molar-refractivity contribution in [2.75, 3.05) is 6.26 Å². The highest BCUT2D eigenvalue weighted by molar-refractivity contribution is 7.98. The SMILES string of the molecule is CSc1ccc(-c2cc(=O)oc(=O)[nH]2)cc1. The third-order valence-electron chi connectivity index (χ3n) is 2.09. The second-order valence-corrected chi connectivity index (χ2v) is 4.00. The Bertz CT molecular complexity index is 569. The fraction of sp³-hybridized carbons (Fsp3) is 0.0909. The molecule has 1 heterocycles. The molecule has 0 bridgehead atoms. The Morgan fingerprint density at radius 1 is 1.19 bits per heavy atom. The van der Waals surface area contributed by atoms with Crippen LogP contribution in [0.4, 0.5) is 0 Å². The highest BCUT2D eigenvalue weighted by Gasteiger charge is 2.01. The summed E-state index contributed by atoms with van der Waals surface area (Å²) in [6.45, 7) is 0. The van der Waals surface area contributed by atoms with E-state index in [1.54, 1.807) is 11.8 Å². The third-order valence-corrected chi connectivity index (χ3v) is 2.84. The third kappa shape index (κ3) is 2.25. The average molecular weight is 235 g/mol. The van der Waals surface area contributed by atoms with Crippen molar-refractivity contribution < 1.29 is 4.42 Å². The predicted octanol–water partition coefficient (Wildman–Crippen LogP) is 1.72. The molecular weight excluding hydrogens is 226 g/mol. The molecule has 0 aliphatic heterocycles. The molecule has 0 fully saturated rings. The van der Waals surface area contributed by atoms with Crippen molar-refractivity contribution in [3.63, 3.8) is 0 Å². The summed E-state index contributed by atoms with van der Waals surface area (Å²) in [4.78, 5) is 25.6. The first kappa shape index (κ1) is 10.8. The molecule has 0 spiro atoms. The van der Waals surface area contributed by atoms with E-state index in [9.17, 15) is 9.59 Å². The van der Waals surface area contributed by atoms with Crippen molar-refractivity contribution in [3.05, 3.63) is 51.3 Å². The number of aromatic amines is 1. The maximum absolute atomic E-state index is 11.0. The summed E-state index contributed by atoms with van der Waals surface area (Å²) in [5.41, 5.74) is 0.601.